The molecule has 0 aromatic carbocycles. The monoisotopic (exact) mass is 252 g/mol. The molecule has 0 aliphatic heterocycles. The van der Waals surface area contributed by atoms with Gasteiger partial charge in [-0.25, -0.2) is 0 Å². The molecule has 2 radical (unpaired) electrons. The van der Waals surface area contributed by atoms with E-state index >= 15 is 0 Å². The van der Waals surface area contributed by atoms with Crippen LogP contribution in [0.25, 0.3) is 0 Å². The van der Waals surface area contributed by atoms with Gasteiger partial charge in [0.25, 0.3) is 0 Å². The predicted molar refractivity (Wildman–Crippen MR) is 45.6 cm³/mol. The van der Waals surface area contributed by atoms with E-state index in [-0.39, 0.29) is 27.6 Å². The Bertz CT molecular complexity index is 46.3. The summed E-state index contributed by atoms with van der Waals surface area (Å²) in [5.41, 5.74) is 0. The van der Waals surface area contributed by atoms with Crippen LogP contribution >= 0.6 is 0 Å². The summed E-state index contributed by atoms with van der Waals surface area (Å²) in [4.78, 5) is 0. The van der Waals surface area contributed by atoms with Gasteiger partial charge in [0.1, 0.15) is 0 Å². The van der Waals surface area contributed by atoms with Crippen LogP contribution in [0.4, 0.5) is 0 Å². The van der Waals surface area contributed by atoms with Gasteiger partial charge in [-0.1, -0.05) is 0 Å². The molecule has 0 atom stereocenters. The van der Waals surface area contributed by atoms with E-state index in [0.29, 0.717) is 0 Å². The minimum atomic E-state index is 0.0610. The molecule has 0 spiro atoms. The fourth-order valence-corrected chi connectivity index (χ4v) is 5.41. The summed E-state index contributed by atoms with van der Waals surface area (Å²) >= 11 is 0.0773. The van der Waals surface area contributed by atoms with Crippen molar-refractivity contribution in [2.24, 2.45) is 0 Å². The van der Waals surface area contributed by atoms with Crippen LogP contribution in [0.5, 0.6) is 0 Å². The molecule has 0 fully saturated rings. The number of hydrogen-bond acceptors (Lipinski definition) is 1. The Hall–Kier alpha value is 0.976. The van der Waals surface area contributed by atoms with Gasteiger partial charge in [0.15, 0.2) is 0 Å². The van der Waals surface area contributed by atoms with Gasteiger partial charge in [-0.3, -0.25) is 0 Å². The molecular formula is C6H16OSiSn. The summed E-state index contributed by atoms with van der Waals surface area (Å²) in [5.74, 6) is 0. The summed E-state index contributed by atoms with van der Waals surface area (Å²) < 4.78 is 7.00. The average molecular weight is 251 g/mol. The number of rotatable bonds is 6. The summed E-state index contributed by atoms with van der Waals surface area (Å²) in [5, 5.41) is 0. The molecule has 0 aliphatic carbocycles. The zero-order valence-electron chi connectivity index (χ0n) is 6.44. The van der Waals surface area contributed by atoms with E-state index < -0.39 is 0 Å². The molecular weight excluding hydrogens is 235 g/mol. The molecule has 54 valence electrons. The topological polar surface area (TPSA) is 9.23 Å². The molecule has 0 aliphatic rings. The third-order valence-corrected chi connectivity index (χ3v) is 10.1. The van der Waals surface area contributed by atoms with Crippen molar-refractivity contribution in [3.63, 3.8) is 0 Å². The Morgan fingerprint density at radius 3 is 2.78 bits per heavy atom. The maximum atomic E-state index is 5.53. The second-order valence-corrected chi connectivity index (χ2v) is 12.0. The zero-order valence-corrected chi connectivity index (χ0v) is 10.7. The number of hydrogen-bond donors (Lipinski definition) is 0. The van der Waals surface area contributed by atoms with Crippen molar-refractivity contribution in [2.45, 2.75) is 31.1 Å². The van der Waals surface area contributed by atoms with Gasteiger partial charge in [0, 0.05) is 0 Å². The van der Waals surface area contributed by atoms with Crippen LogP contribution in [0.1, 0.15) is 26.7 Å². The van der Waals surface area contributed by atoms with Crippen LogP contribution in [-0.4, -0.2) is 34.2 Å². The maximum absolute atomic E-state index is 5.53. The van der Waals surface area contributed by atoms with Crippen molar-refractivity contribution in [2.75, 3.05) is 6.61 Å². The molecule has 0 rings (SSSR count). The molecule has 9 heavy (non-hydrogen) atoms. The standard InChI is InChI=1S/C4H11OSi.C2H5.Sn/c1-2-3-4-5-6;1-2;/h2-4,6H2,1H3;1H2,2H3;. The Kier molecular flexibility index (Phi) is 9.95. The van der Waals surface area contributed by atoms with Crippen molar-refractivity contribution >= 4 is 27.6 Å². The molecule has 0 aromatic rings. The quantitative estimate of drug-likeness (QED) is 0.504. The first-order chi connectivity index (χ1) is 4.41. The third-order valence-electron chi connectivity index (χ3n) is 1.10. The van der Waals surface area contributed by atoms with Crippen molar-refractivity contribution < 1.29 is 4.43 Å². The fraction of sp³-hybridized carbons (Fsp3) is 1.00. The van der Waals surface area contributed by atoms with Gasteiger partial charge >= 0.3 is 69.8 Å². The zero-order chi connectivity index (χ0) is 6.95. The molecule has 0 N–H and O–H groups in total. The first-order valence-electron chi connectivity index (χ1n) is 3.70. The Morgan fingerprint density at radius 1 is 1.44 bits per heavy atom. The summed E-state index contributed by atoms with van der Waals surface area (Å²) in [7, 11) is 0.0610. The van der Waals surface area contributed by atoms with Crippen molar-refractivity contribution in [1.29, 1.82) is 0 Å². The number of unbranched alkanes of at least 4 members (excludes halogenated alkanes) is 1. The first kappa shape index (κ1) is 9.98. The first-order valence-corrected chi connectivity index (χ1v) is 13.1. The van der Waals surface area contributed by atoms with Gasteiger partial charge in [-0.15, -0.1) is 0 Å². The normalized spacial score (nSPS) is 11.3. The second kappa shape index (κ2) is 8.98. The molecule has 1 nitrogen and oxygen atoms in total. The van der Waals surface area contributed by atoms with Gasteiger partial charge in [0.2, 0.25) is 0 Å². The Balaban J connectivity index is 2.60. The predicted octanol–water partition coefficient (Wildman–Crippen LogP) is 0.944. The molecule has 0 saturated carbocycles. The SMILES string of the molecule is CCCCO[SiH2][Sn][CH2]C. The average Bonchev–Trinajstić information content (AvgIpc) is 1.89. The summed E-state index contributed by atoms with van der Waals surface area (Å²) in [6, 6.07) is 0. The molecule has 0 amide bonds. The van der Waals surface area contributed by atoms with Gasteiger partial charge in [0.05, 0.1) is 0 Å². The fourth-order valence-electron chi connectivity index (χ4n) is 0.493. The van der Waals surface area contributed by atoms with Crippen LogP contribution in [-0.2, 0) is 4.43 Å². The summed E-state index contributed by atoms with van der Waals surface area (Å²) in [6.07, 6.45) is 2.56. The molecule has 0 bridgehead atoms. The van der Waals surface area contributed by atoms with Crippen LogP contribution in [0.15, 0.2) is 0 Å². The van der Waals surface area contributed by atoms with E-state index in [1.807, 2.05) is 0 Å². The molecule has 0 saturated heterocycles. The third kappa shape index (κ3) is 8.98. The molecule has 3 heteroatoms. The Morgan fingerprint density at radius 2 is 2.22 bits per heavy atom. The van der Waals surface area contributed by atoms with Crippen LogP contribution in [0, 0.1) is 0 Å². The van der Waals surface area contributed by atoms with Gasteiger partial charge < -0.3 is 0 Å². The van der Waals surface area contributed by atoms with Crippen molar-refractivity contribution in [3.8, 4) is 0 Å². The van der Waals surface area contributed by atoms with Gasteiger partial charge in [-0.2, -0.15) is 0 Å². The molecule has 0 unspecified atom stereocenters. The van der Waals surface area contributed by atoms with Crippen LogP contribution in [0.2, 0.25) is 4.44 Å². The molecule has 0 aromatic heterocycles. The van der Waals surface area contributed by atoms with Gasteiger partial charge in [-0.05, 0) is 0 Å². The van der Waals surface area contributed by atoms with Crippen molar-refractivity contribution in [1.82, 2.24) is 0 Å². The van der Waals surface area contributed by atoms with E-state index in [9.17, 15) is 0 Å². The second-order valence-electron chi connectivity index (χ2n) is 2.01. The van der Waals surface area contributed by atoms with E-state index in [4.69, 9.17) is 4.43 Å². The van der Waals surface area contributed by atoms with E-state index in [1.54, 1.807) is 0 Å². The van der Waals surface area contributed by atoms with Crippen LogP contribution < -0.4 is 0 Å². The molecule has 0 heterocycles. The van der Waals surface area contributed by atoms with Crippen LogP contribution in [0.3, 0.4) is 0 Å². The summed E-state index contributed by atoms with van der Waals surface area (Å²) in [6.45, 7) is 5.57. The Labute approximate surface area is 69.8 Å². The van der Waals surface area contributed by atoms with E-state index in [0.717, 1.165) is 6.61 Å². The van der Waals surface area contributed by atoms with E-state index in [1.165, 1.54) is 17.3 Å². The minimum absolute atomic E-state index is 0.0610. The van der Waals surface area contributed by atoms with Crippen molar-refractivity contribution in [3.05, 3.63) is 0 Å². The van der Waals surface area contributed by atoms with E-state index in [2.05, 4.69) is 13.8 Å².